The lowest BCUT2D eigenvalue weighted by Gasteiger charge is -2.20. The molecule has 1 fully saturated rings. The molecule has 1 aliphatic rings. The van der Waals surface area contributed by atoms with Crippen molar-refractivity contribution in [3.63, 3.8) is 0 Å². The van der Waals surface area contributed by atoms with E-state index in [0.717, 1.165) is 30.2 Å². The topological polar surface area (TPSA) is 75.2 Å². The van der Waals surface area contributed by atoms with Crippen LogP contribution in [0.25, 0.3) is 11.3 Å². The second-order valence-corrected chi connectivity index (χ2v) is 8.09. The van der Waals surface area contributed by atoms with E-state index in [4.69, 9.17) is 0 Å². The van der Waals surface area contributed by atoms with Gasteiger partial charge in [0.1, 0.15) is 0 Å². The highest BCUT2D eigenvalue weighted by Crippen LogP contribution is 2.22. The molecule has 0 radical (unpaired) electrons. The van der Waals surface area contributed by atoms with Crippen molar-refractivity contribution in [2.45, 2.75) is 38.5 Å². The van der Waals surface area contributed by atoms with Crippen LogP contribution in [0.5, 0.6) is 0 Å². The first-order valence-electron chi connectivity index (χ1n) is 11.3. The minimum Gasteiger partial charge on any atom is -0.355 e. The zero-order valence-corrected chi connectivity index (χ0v) is 18.2. The molecule has 32 heavy (non-hydrogen) atoms. The molecule has 2 aromatic carbocycles. The van der Waals surface area contributed by atoms with Gasteiger partial charge in [-0.15, -0.1) is 10.2 Å². The van der Waals surface area contributed by atoms with Crippen LogP contribution < -0.4 is 10.2 Å². The van der Waals surface area contributed by atoms with E-state index in [1.165, 1.54) is 25.7 Å². The smallest absolute Gasteiger partial charge is 0.224 e. The number of benzene rings is 2. The number of hydrogen-bond donors (Lipinski definition) is 1. The highest BCUT2D eigenvalue weighted by molar-refractivity contribution is 6.00. The van der Waals surface area contributed by atoms with Crippen molar-refractivity contribution in [3.8, 4) is 11.3 Å². The molecule has 0 saturated carbocycles. The molecule has 0 bridgehead atoms. The van der Waals surface area contributed by atoms with Crippen LogP contribution in [0.15, 0.2) is 66.7 Å². The van der Waals surface area contributed by atoms with E-state index >= 15 is 0 Å². The molecule has 2 heterocycles. The van der Waals surface area contributed by atoms with Gasteiger partial charge in [-0.2, -0.15) is 0 Å². The van der Waals surface area contributed by atoms with Crippen LogP contribution in [0, 0.1) is 0 Å². The number of rotatable bonds is 7. The largest absolute Gasteiger partial charge is 0.355 e. The van der Waals surface area contributed by atoms with Gasteiger partial charge in [0, 0.05) is 42.7 Å². The third-order valence-electron chi connectivity index (χ3n) is 5.72. The highest BCUT2D eigenvalue weighted by Gasteiger charge is 2.12. The summed E-state index contributed by atoms with van der Waals surface area (Å²) >= 11 is 0. The molecule has 6 nitrogen and oxygen atoms in total. The van der Waals surface area contributed by atoms with Crippen LogP contribution in [0.3, 0.4) is 0 Å². The van der Waals surface area contributed by atoms with Crippen molar-refractivity contribution < 1.29 is 9.59 Å². The summed E-state index contributed by atoms with van der Waals surface area (Å²) in [6.07, 6.45) is 5.32. The molecule has 0 spiro atoms. The first kappa shape index (κ1) is 21.7. The number of ketones is 1. The van der Waals surface area contributed by atoms with E-state index in [1.54, 1.807) is 12.1 Å². The molecule has 3 aromatic rings. The summed E-state index contributed by atoms with van der Waals surface area (Å²) in [5, 5.41) is 11.7. The minimum absolute atomic E-state index is 0.0294. The number of Topliss-reactive ketones (excluding diaryl/α,β-unsaturated/α-hetero) is 1. The van der Waals surface area contributed by atoms with Crippen molar-refractivity contribution in [2.75, 3.05) is 23.3 Å². The Balaban J connectivity index is 1.30. The van der Waals surface area contributed by atoms with E-state index in [-0.39, 0.29) is 24.5 Å². The lowest BCUT2D eigenvalue weighted by atomic mass is 10.1. The fourth-order valence-electron chi connectivity index (χ4n) is 3.89. The Morgan fingerprint density at radius 2 is 1.50 bits per heavy atom. The molecule has 1 aliphatic heterocycles. The second-order valence-electron chi connectivity index (χ2n) is 8.09. The van der Waals surface area contributed by atoms with Gasteiger partial charge in [-0.1, -0.05) is 55.3 Å². The van der Waals surface area contributed by atoms with Crippen molar-refractivity contribution >= 4 is 23.2 Å². The van der Waals surface area contributed by atoms with Gasteiger partial charge >= 0.3 is 0 Å². The molecule has 164 valence electrons. The molecule has 0 atom stereocenters. The van der Waals surface area contributed by atoms with Crippen molar-refractivity contribution in [1.29, 1.82) is 0 Å². The van der Waals surface area contributed by atoms with Crippen LogP contribution in [0.2, 0.25) is 0 Å². The van der Waals surface area contributed by atoms with E-state index < -0.39 is 0 Å². The first-order valence-corrected chi connectivity index (χ1v) is 11.3. The Bertz CT molecular complexity index is 1030. The van der Waals surface area contributed by atoms with Crippen LogP contribution in [0.1, 0.15) is 48.9 Å². The van der Waals surface area contributed by atoms with Crippen LogP contribution >= 0.6 is 0 Å². The lowest BCUT2D eigenvalue weighted by molar-refractivity contribution is -0.116. The monoisotopic (exact) mass is 428 g/mol. The SMILES string of the molecule is O=C(CCC(=O)c1ccccc1)Nc1ccc(-c2ccc(N3CCCCCC3)nn2)cc1. The van der Waals surface area contributed by atoms with E-state index in [0.29, 0.717) is 11.3 Å². The van der Waals surface area contributed by atoms with E-state index in [2.05, 4.69) is 20.4 Å². The van der Waals surface area contributed by atoms with Crippen molar-refractivity contribution in [1.82, 2.24) is 10.2 Å². The fourth-order valence-corrected chi connectivity index (χ4v) is 3.89. The Morgan fingerprint density at radius 1 is 0.781 bits per heavy atom. The first-order chi connectivity index (χ1) is 15.7. The normalized spacial score (nSPS) is 13.9. The fraction of sp³-hybridized carbons (Fsp3) is 0.308. The predicted octanol–water partition coefficient (Wildman–Crippen LogP) is 5.13. The number of hydrogen-bond acceptors (Lipinski definition) is 5. The Morgan fingerprint density at radius 3 is 2.16 bits per heavy atom. The van der Waals surface area contributed by atoms with Gasteiger partial charge in [-0.25, -0.2) is 0 Å². The number of anilines is 2. The standard InChI is InChI=1S/C26H28N4O2/c31-24(21-8-4-3-5-9-21)15-17-26(32)27-22-12-10-20(11-13-22)23-14-16-25(29-28-23)30-18-6-1-2-7-19-30/h3-5,8-14,16H,1-2,6-7,15,17-19H2,(H,27,32). The quantitative estimate of drug-likeness (QED) is 0.528. The number of nitrogens with zero attached hydrogens (tertiary/aromatic N) is 3. The van der Waals surface area contributed by atoms with Crippen molar-refractivity contribution in [2.24, 2.45) is 0 Å². The summed E-state index contributed by atoms with van der Waals surface area (Å²) in [4.78, 5) is 26.7. The molecule has 1 N–H and O–H groups in total. The molecule has 0 unspecified atom stereocenters. The summed E-state index contributed by atoms with van der Waals surface area (Å²) in [6.45, 7) is 2.08. The third-order valence-corrected chi connectivity index (χ3v) is 5.72. The number of carbonyl (C=O) groups is 2. The molecule has 4 rings (SSSR count). The van der Waals surface area contributed by atoms with Crippen molar-refractivity contribution in [3.05, 3.63) is 72.3 Å². The summed E-state index contributed by atoms with van der Waals surface area (Å²) in [5.41, 5.74) is 3.07. The Labute approximate surface area is 188 Å². The van der Waals surface area contributed by atoms with Gasteiger partial charge in [-0.05, 0) is 37.1 Å². The molecular formula is C26H28N4O2. The summed E-state index contributed by atoms with van der Waals surface area (Å²) in [7, 11) is 0. The van der Waals surface area contributed by atoms with Gasteiger partial charge in [0.15, 0.2) is 11.6 Å². The number of amides is 1. The molecule has 1 amide bonds. The van der Waals surface area contributed by atoms with Crippen LogP contribution in [-0.2, 0) is 4.79 Å². The number of aromatic nitrogens is 2. The maximum Gasteiger partial charge on any atom is 0.224 e. The minimum atomic E-state index is -0.177. The number of carbonyl (C=O) groups excluding carboxylic acids is 2. The molecule has 1 saturated heterocycles. The number of nitrogens with one attached hydrogen (secondary N) is 1. The zero-order valence-electron chi connectivity index (χ0n) is 18.2. The van der Waals surface area contributed by atoms with Gasteiger partial charge < -0.3 is 10.2 Å². The average Bonchev–Trinajstić information content (AvgIpc) is 3.13. The molecule has 1 aromatic heterocycles. The second kappa shape index (κ2) is 10.7. The summed E-state index contributed by atoms with van der Waals surface area (Å²) in [5.74, 6) is 0.728. The Hall–Kier alpha value is -3.54. The van der Waals surface area contributed by atoms with E-state index in [9.17, 15) is 9.59 Å². The molecule has 0 aliphatic carbocycles. The molecular weight excluding hydrogens is 400 g/mol. The zero-order chi connectivity index (χ0) is 22.2. The van der Waals surface area contributed by atoms with Crippen LogP contribution in [-0.4, -0.2) is 35.0 Å². The van der Waals surface area contributed by atoms with Gasteiger partial charge in [0.05, 0.1) is 5.69 Å². The summed E-state index contributed by atoms with van der Waals surface area (Å²) in [6, 6.07) is 20.6. The summed E-state index contributed by atoms with van der Waals surface area (Å²) < 4.78 is 0. The lowest BCUT2D eigenvalue weighted by Crippen LogP contribution is -2.25. The molecule has 6 heteroatoms. The third kappa shape index (κ3) is 5.78. The maximum absolute atomic E-state index is 12.2. The van der Waals surface area contributed by atoms with Gasteiger partial charge in [0.2, 0.25) is 5.91 Å². The Kier molecular flexibility index (Phi) is 7.23. The highest BCUT2D eigenvalue weighted by atomic mass is 16.2. The average molecular weight is 429 g/mol. The van der Waals surface area contributed by atoms with Gasteiger partial charge in [0.25, 0.3) is 0 Å². The van der Waals surface area contributed by atoms with Gasteiger partial charge in [-0.3, -0.25) is 9.59 Å². The van der Waals surface area contributed by atoms with Crippen LogP contribution in [0.4, 0.5) is 11.5 Å². The van der Waals surface area contributed by atoms with E-state index in [1.807, 2.05) is 54.6 Å². The maximum atomic E-state index is 12.2. The predicted molar refractivity (Wildman–Crippen MR) is 127 cm³/mol.